The first kappa shape index (κ1) is 21.7. The Labute approximate surface area is 202 Å². The van der Waals surface area contributed by atoms with Gasteiger partial charge >= 0.3 is 0 Å². The van der Waals surface area contributed by atoms with Crippen molar-refractivity contribution in [2.24, 2.45) is 0 Å². The molecule has 3 amide bonds. The van der Waals surface area contributed by atoms with E-state index in [-0.39, 0.29) is 24.3 Å². The van der Waals surface area contributed by atoms with Gasteiger partial charge in [0.2, 0.25) is 11.8 Å². The number of hydrogen-bond donors (Lipinski definition) is 1. The molecule has 1 N–H and O–H groups in total. The van der Waals surface area contributed by atoms with Crippen LogP contribution in [0.4, 0.5) is 0 Å². The monoisotopic (exact) mass is 470 g/mol. The van der Waals surface area contributed by atoms with Crippen LogP contribution in [0.1, 0.15) is 40.7 Å². The van der Waals surface area contributed by atoms with Crippen LogP contribution in [-0.2, 0) is 22.7 Å². The minimum Gasteiger partial charge on any atom is -0.489 e. The van der Waals surface area contributed by atoms with E-state index in [1.165, 1.54) is 10.9 Å². The maximum atomic E-state index is 12.9. The number of nitrogens with one attached hydrogen (secondary N) is 1. The van der Waals surface area contributed by atoms with Crippen molar-refractivity contribution in [2.45, 2.75) is 44.5 Å². The molecular weight excluding hydrogens is 444 g/mol. The fourth-order valence-electron chi connectivity index (χ4n) is 5.40. The van der Waals surface area contributed by atoms with Gasteiger partial charge in [0.05, 0.1) is 5.52 Å². The second kappa shape index (κ2) is 8.78. The van der Waals surface area contributed by atoms with Crippen molar-refractivity contribution in [1.29, 1.82) is 0 Å². The SMILES string of the molecule is O=C1CCC(N2Cc3cc(OC4CCN(Cc5cccc6ncccc56)C4)ccc3C2=O)C(=O)N1. The van der Waals surface area contributed by atoms with Crippen molar-refractivity contribution in [3.8, 4) is 5.75 Å². The van der Waals surface area contributed by atoms with Crippen molar-refractivity contribution < 1.29 is 19.1 Å². The van der Waals surface area contributed by atoms with Gasteiger partial charge in [0, 0.05) is 49.7 Å². The number of hydrogen-bond acceptors (Lipinski definition) is 6. The zero-order valence-corrected chi connectivity index (χ0v) is 19.3. The van der Waals surface area contributed by atoms with E-state index in [1.54, 1.807) is 11.0 Å². The summed E-state index contributed by atoms with van der Waals surface area (Å²) in [6, 6.07) is 15.3. The zero-order chi connectivity index (χ0) is 23.9. The summed E-state index contributed by atoms with van der Waals surface area (Å²) in [6.45, 7) is 2.98. The molecule has 0 aliphatic carbocycles. The van der Waals surface area contributed by atoms with Gasteiger partial charge in [-0.3, -0.25) is 29.6 Å². The molecule has 8 nitrogen and oxygen atoms in total. The minimum atomic E-state index is -0.607. The van der Waals surface area contributed by atoms with Gasteiger partial charge in [0.15, 0.2) is 0 Å². The number of benzene rings is 2. The number of nitrogens with zero attached hydrogens (tertiary/aromatic N) is 3. The zero-order valence-electron chi connectivity index (χ0n) is 19.3. The summed E-state index contributed by atoms with van der Waals surface area (Å²) in [7, 11) is 0. The fourth-order valence-corrected chi connectivity index (χ4v) is 5.40. The average molecular weight is 471 g/mol. The van der Waals surface area contributed by atoms with Gasteiger partial charge in [-0.15, -0.1) is 0 Å². The number of imide groups is 1. The molecule has 3 aliphatic heterocycles. The molecule has 4 heterocycles. The molecule has 6 rings (SSSR count). The highest BCUT2D eigenvalue weighted by Gasteiger charge is 2.39. The number of piperidine rings is 1. The van der Waals surface area contributed by atoms with Crippen LogP contribution in [0.2, 0.25) is 0 Å². The third-order valence-electron chi connectivity index (χ3n) is 7.16. The van der Waals surface area contributed by atoms with Crippen molar-refractivity contribution in [3.05, 3.63) is 71.4 Å². The maximum absolute atomic E-state index is 12.9. The lowest BCUT2D eigenvalue weighted by atomic mass is 10.0. The predicted molar refractivity (Wildman–Crippen MR) is 129 cm³/mol. The Kier molecular flexibility index (Phi) is 5.45. The van der Waals surface area contributed by atoms with E-state index < -0.39 is 11.9 Å². The molecule has 0 radical (unpaired) electrons. The first-order valence-corrected chi connectivity index (χ1v) is 12.0. The van der Waals surface area contributed by atoms with Gasteiger partial charge < -0.3 is 9.64 Å². The fraction of sp³-hybridized carbons (Fsp3) is 0.333. The van der Waals surface area contributed by atoms with Gasteiger partial charge in [-0.05, 0) is 54.3 Å². The smallest absolute Gasteiger partial charge is 0.255 e. The van der Waals surface area contributed by atoms with E-state index in [4.69, 9.17) is 4.74 Å². The summed E-state index contributed by atoms with van der Waals surface area (Å²) in [6.07, 6.45) is 3.43. The standard InChI is InChI=1S/C27H26N4O4/c32-25-9-8-24(26(33)29-25)31-15-18-13-19(6-7-22(18)27(31)34)35-20-10-12-30(16-20)14-17-3-1-5-23-21(17)4-2-11-28-23/h1-7,11,13,20,24H,8-10,12,14-16H2,(H,29,32,33). The van der Waals surface area contributed by atoms with Gasteiger partial charge in [-0.25, -0.2) is 0 Å². The highest BCUT2D eigenvalue weighted by Crippen LogP contribution is 2.31. The van der Waals surface area contributed by atoms with Crippen LogP contribution in [0.5, 0.6) is 5.75 Å². The molecule has 178 valence electrons. The van der Waals surface area contributed by atoms with E-state index in [0.29, 0.717) is 18.5 Å². The van der Waals surface area contributed by atoms with E-state index in [9.17, 15) is 14.4 Å². The van der Waals surface area contributed by atoms with Crippen LogP contribution < -0.4 is 10.1 Å². The van der Waals surface area contributed by atoms with Crippen LogP contribution in [-0.4, -0.2) is 57.7 Å². The Bertz CT molecular complexity index is 1330. The number of fused-ring (bicyclic) bond motifs is 2. The summed E-state index contributed by atoms with van der Waals surface area (Å²) < 4.78 is 6.30. The highest BCUT2D eigenvalue weighted by atomic mass is 16.5. The van der Waals surface area contributed by atoms with Gasteiger partial charge in [-0.1, -0.05) is 18.2 Å². The Balaban J connectivity index is 1.10. The van der Waals surface area contributed by atoms with E-state index >= 15 is 0 Å². The molecule has 1 aromatic heterocycles. The first-order chi connectivity index (χ1) is 17.0. The summed E-state index contributed by atoms with van der Waals surface area (Å²) in [5, 5.41) is 3.52. The van der Waals surface area contributed by atoms with Crippen molar-refractivity contribution in [1.82, 2.24) is 20.1 Å². The van der Waals surface area contributed by atoms with Crippen LogP contribution in [0.15, 0.2) is 54.7 Å². The summed E-state index contributed by atoms with van der Waals surface area (Å²) in [5.74, 6) is -0.110. The van der Waals surface area contributed by atoms with E-state index in [2.05, 4.69) is 33.4 Å². The van der Waals surface area contributed by atoms with Crippen molar-refractivity contribution >= 4 is 28.6 Å². The molecule has 0 spiro atoms. The largest absolute Gasteiger partial charge is 0.489 e. The van der Waals surface area contributed by atoms with Gasteiger partial charge in [0.25, 0.3) is 5.91 Å². The van der Waals surface area contributed by atoms with Crippen LogP contribution >= 0.6 is 0 Å². The lowest BCUT2D eigenvalue weighted by Gasteiger charge is -2.29. The summed E-state index contributed by atoms with van der Waals surface area (Å²) in [5.41, 5.74) is 3.73. The number of carbonyl (C=O) groups is 3. The van der Waals surface area contributed by atoms with Gasteiger partial charge in [0.1, 0.15) is 17.9 Å². The summed E-state index contributed by atoms with van der Waals surface area (Å²) in [4.78, 5) is 45.0. The number of pyridine rings is 1. The molecular formula is C27H26N4O4. The van der Waals surface area contributed by atoms with E-state index in [0.717, 1.165) is 42.9 Å². The molecule has 3 aliphatic rings. The Hall–Kier alpha value is -3.78. The number of aromatic nitrogens is 1. The molecule has 2 atom stereocenters. The molecule has 8 heteroatoms. The number of amides is 3. The normalized spacial score (nSPS) is 22.5. The third-order valence-corrected chi connectivity index (χ3v) is 7.16. The summed E-state index contributed by atoms with van der Waals surface area (Å²) >= 11 is 0. The molecule has 0 saturated carbocycles. The Morgan fingerprint density at radius 2 is 1.97 bits per heavy atom. The number of carbonyl (C=O) groups excluding carboxylic acids is 3. The quantitative estimate of drug-likeness (QED) is 0.577. The maximum Gasteiger partial charge on any atom is 0.255 e. The predicted octanol–water partition coefficient (Wildman–Crippen LogP) is 2.65. The van der Waals surface area contributed by atoms with Crippen LogP contribution in [0.3, 0.4) is 0 Å². The second-order valence-corrected chi connectivity index (χ2v) is 9.47. The van der Waals surface area contributed by atoms with Crippen LogP contribution in [0, 0.1) is 0 Å². The minimum absolute atomic E-state index is 0.0736. The molecule has 0 bridgehead atoms. The molecule has 2 unspecified atom stereocenters. The second-order valence-electron chi connectivity index (χ2n) is 9.47. The van der Waals surface area contributed by atoms with E-state index in [1.807, 2.05) is 30.5 Å². The Morgan fingerprint density at radius 1 is 1.06 bits per heavy atom. The highest BCUT2D eigenvalue weighted by molar-refractivity contribution is 6.05. The lowest BCUT2D eigenvalue weighted by Crippen LogP contribution is -2.52. The molecule has 3 aromatic rings. The molecule has 2 fully saturated rings. The number of ether oxygens (including phenoxy) is 1. The van der Waals surface area contributed by atoms with Gasteiger partial charge in [-0.2, -0.15) is 0 Å². The topological polar surface area (TPSA) is 91.8 Å². The van der Waals surface area contributed by atoms with Crippen LogP contribution in [0.25, 0.3) is 10.9 Å². The third kappa shape index (κ3) is 4.14. The van der Waals surface area contributed by atoms with Crippen molar-refractivity contribution in [3.63, 3.8) is 0 Å². The number of likely N-dealkylation sites (tertiary alicyclic amines) is 1. The number of rotatable bonds is 5. The van der Waals surface area contributed by atoms with Crippen molar-refractivity contribution in [2.75, 3.05) is 13.1 Å². The molecule has 35 heavy (non-hydrogen) atoms. The molecule has 2 aromatic carbocycles. The average Bonchev–Trinajstić information content (AvgIpc) is 3.43. The molecule has 2 saturated heterocycles. The first-order valence-electron chi connectivity index (χ1n) is 12.0. The Morgan fingerprint density at radius 3 is 2.86 bits per heavy atom. The lowest BCUT2D eigenvalue weighted by molar-refractivity contribution is -0.136.